The van der Waals surface area contributed by atoms with E-state index in [0.717, 1.165) is 11.1 Å². The molecule has 0 saturated heterocycles. The van der Waals surface area contributed by atoms with E-state index in [-0.39, 0.29) is 51.0 Å². The third-order valence-electron chi connectivity index (χ3n) is 3.97. The summed E-state index contributed by atoms with van der Waals surface area (Å²) in [6, 6.07) is 13.2. The van der Waals surface area contributed by atoms with E-state index < -0.39 is 0 Å². The Labute approximate surface area is 210 Å². The van der Waals surface area contributed by atoms with Gasteiger partial charge < -0.3 is 24.8 Å². The van der Waals surface area contributed by atoms with Crippen molar-refractivity contribution < 1.29 is 51.0 Å². The molecule has 0 spiro atoms. The molecule has 0 N–H and O–H groups in total. The summed E-state index contributed by atoms with van der Waals surface area (Å²) in [5.74, 6) is 1.36. The zero-order valence-electron chi connectivity index (χ0n) is 19.6. The Balaban J connectivity index is -0.000000148. The van der Waals surface area contributed by atoms with E-state index in [1.54, 1.807) is 0 Å². The van der Waals surface area contributed by atoms with Crippen molar-refractivity contribution in [1.29, 1.82) is 0 Å². The van der Waals surface area contributed by atoms with Gasteiger partial charge in [-0.15, -0.1) is 0 Å². The van der Waals surface area contributed by atoms with Gasteiger partial charge in [0.2, 0.25) is 0 Å². The van der Waals surface area contributed by atoms with Crippen molar-refractivity contribution in [1.82, 2.24) is 0 Å². The summed E-state index contributed by atoms with van der Waals surface area (Å²) in [6.07, 6.45) is 0. The van der Waals surface area contributed by atoms with Crippen LogP contribution in [-0.4, -0.2) is 9.52 Å². The van der Waals surface area contributed by atoms with Gasteiger partial charge in [0.05, 0.1) is 0 Å². The van der Waals surface area contributed by atoms with Crippen LogP contribution in [0, 0.1) is 13.8 Å². The van der Waals surface area contributed by atoms with E-state index in [1.807, 2.05) is 0 Å². The topological polar surface area (TPSA) is 0 Å². The van der Waals surface area contributed by atoms with Crippen LogP contribution in [0.2, 0.25) is 11.1 Å². The van der Waals surface area contributed by atoms with Gasteiger partial charge in [0.25, 0.3) is 0 Å². The van der Waals surface area contributed by atoms with Crippen LogP contribution in [0.4, 0.5) is 0 Å². The summed E-state index contributed by atoms with van der Waals surface area (Å²) in [5, 5.41) is 0. The van der Waals surface area contributed by atoms with E-state index in [9.17, 15) is 0 Å². The van der Waals surface area contributed by atoms with Gasteiger partial charge in [-0.05, 0) is 11.8 Å². The molecule has 0 heterocycles. The van der Waals surface area contributed by atoms with E-state index in [0.29, 0.717) is 21.4 Å². The molecule has 0 unspecified atom stereocenters. The minimum Gasteiger partial charge on any atom is -1.00 e. The second kappa shape index (κ2) is 19.3. The first kappa shape index (κ1) is 35.8. The average molecular weight is 520 g/mol. The molecule has 0 saturated carbocycles. The predicted molar refractivity (Wildman–Crippen MR) is 119 cm³/mol. The van der Waals surface area contributed by atoms with Crippen LogP contribution in [-0.2, 0) is 26.2 Å². The monoisotopic (exact) mass is 517 g/mol. The standard InChI is InChI=1S/2C9H13.C6H15Si.2ClH.Zr/c2*1-7(2)9-5-4-8(3)6-9;1-5(2)7-6(3)4;;;/h2*4-7H,1-3H3;5-7H,1-4H3;2*1H;/q2*-1;;;;+4/p-2. The molecule has 0 fully saturated rings. The minimum absolute atomic E-state index is 0. The van der Waals surface area contributed by atoms with Crippen molar-refractivity contribution >= 4 is 9.52 Å². The second-order valence-corrected chi connectivity index (χ2v) is 11.5. The molecule has 0 aliphatic rings. The fourth-order valence-electron chi connectivity index (χ4n) is 2.66. The molecule has 2 aromatic carbocycles. The summed E-state index contributed by atoms with van der Waals surface area (Å²) in [4.78, 5) is 0. The molecule has 0 bridgehead atoms. The summed E-state index contributed by atoms with van der Waals surface area (Å²) in [5.41, 5.74) is 7.57. The summed E-state index contributed by atoms with van der Waals surface area (Å²) in [6.45, 7) is 22.3. The van der Waals surface area contributed by atoms with Crippen LogP contribution < -0.4 is 24.8 Å². The second-order valence-electron chi connectivity index (χ2n) is 8.43. The molecule has 2 rings (SSSR count). The van der Waals surface area contributed by atoms with Gasteiger partial charge >= 0.3 is 26.2 Å². The number of rotatable bonds is 4. The van der Waals surface area contributed by atoms with Gasteiger partial charge in [-0.1, -0.05) is 80.3 Å². The minimum atomic E-state index is 0. The zero-order chi connectivity index (χ0) is 19.6. The molecular weight excluding hydrogens is 478 g/mol. The molecule has 0 nitrogen and oxygen atoms in total. The Morgan fingerprint density at radius 3 is 1.00 bits per heavy atom. The predicted octanol–water partition coefficient (Wildman–Crippen LogP) is 1.76. The Bertz CT molecular complexity index is 518. The summed E-state index contributed by atoms with van der Waals surface area (Å²) < 4.78 is 0. The Hall–Kier alpha value is 0.380. The van der Waals surface area contributed by atoms with E-state index >= 15 is 0 Å². The SMILES string of the molecule is CC(C)[SiH]C(C)C.Cc1c[cH-]c(C(C)C)c1.Cc1c[cH-]c(C(C)C)c1.[Cl-].[Cl-].[Zr+4]. The summed E-state index contributed by atoms with van der Waals surface area (Å²) in [7, 11) is 0.713. The quantitative estimate of drug-likeness (QED) is 0.427. The maximum absolute atomic E-state index is 2.30. The molecule has 0 aromatic heterocycles. The molecule has 0 aliphatic carbocycles. The number of hydrogen-bond donors (Lipinski definition) is 0. The maximum atomic E-state index is 2.30. The van der Waals surface area contributed by atoms with Gasteiger partial charge in [-0.2, -0.15) is 35.4 Å². The van der Waals surface area contributed by atoms with Crippen LogP contribution in [0.15, 0.2) is 36.4 Å². The van der Waals surface area contributed by atoms with Gasteiger partial charge in [-0.3, -0.25) is 0 Å². The first-order valence-electron chi connectivity index (χ1n) is 9.84. The molecule has 2 aromatic rings. The fraction of sp³-hybridized carbons (Fsp3) is 0.583. The van der Waals surface area contributed by atoms with Crippen molar-refractivity contribution in [3.8, 4) is 0 Å². The Morgan fingerprint density at radius 2 is 0.929 bits per heavy atom. The Kier molecular flexibility index (Phi) is 24.7. The van der Waals surface area contributed by atoms with Crippen molar-refractivity contribution in [2.24, 2.45) is 0 Å². The van der Waals surface area contributed by atoms with Gasteiger partial charge in [-0.25, -0.2) is 23.3 Å². The summed E-state index contributed by atoms with van der Waals surface area (Å²) >= 11 is 0. The van der Waals surface area contributed by atoms with E-state index in [4.69, 9.17) is 0 Å². The van der Waals surface area contributed by atoms with Crippen molar-refractivity contribution in [3.63, 3.8) is 0 Å². The van der Waals surface area contributed by atoms with Crippen molar-refractivity contribution in [2.75, 3.05) is 0 Å². The molecular formula is C24H41Cl2SiZr. The van der Waals surface area contributed by atoms with Gasteiger partial charge in [0.1, 0.15) is 0 Å². The van der Waals surface area contributed by atoms with Crippen LogP contribution in [0.3, 0.4) is 0 Å². The maximum Gasteiger partial charge on any atom is 4.00 e. The number of halogens is 2. The van der Waals surface area contributed by atoms with Crippen LogP contribution in [0.1, 0.15) is 89.5 Å². The third kappa shape index (κ3) is 18.4. The first-order chi connectivity index (χ1) is 11.5. The number of aryl methyl sites for hydroxylation is 2. The molecule has 4 heteroatoms. The molecule has 0 amide bonds. The molecule has 0 atom stereocenters. The van der Waals surface area contributed by atoms with Gasteiger partial charge in [0.15, 0.2) is 0 Å². The molecule has 1 radical (unpaired) electrons. The molecule has 0 aliphatic heterocycles. The third-order valence-corrected chi connectivity index (χ3v) is 5.51. The first-order valence-corrected chi connectivity index (χ1v) is 11.2. The van der Waals surface area contributed by atoms with Gasteiger partial charge in [0, 0.05) is 9.52 Å². The number of hydrogen-bond acceptors (Lipinski definition) is 0. The van der Waals surface area contributed by atoms with Crippen LogP contribution in [0.5, 0.6) is 0 Å². The normalized spacial score (nSPS) is 9.64. The largest absolute Gasteiger partial charge is 4.00 e. The molecule has 28 heavy (non-hydrogen) atoms. The molecule has 159 valence electrons. The van der Waals surface area contributed by atoms with Crippen LogP contribution in [0.25, 0.3) is 0 Å². The van der Waals surface area contributed by atoms with Crippen molar-refractivity contribution in [2.45, 2.75) is 92.2 Å². The Morgan fingerprint density at radius 1 is 0.643 bits per heavy atom. The average Bonchev–Trinajstić information content (AvgIpc) is 3.07. The van der Waals surface area contributed by atoms with Crippen LogP contribution >= 0.6 is 0 Å². The van der Waals surface area contributed by atoms with E-state index in [2.05, 4.69) is 106 Å². The smallest absolute Gasteiger partial charge is 1.00 e. The van der Waals surface area contributed by atoms with Crippen molar-refractivity contribution in [3.05, 3.63) is 58.7 Å². The fourth-order valence-corrected chi connectivity index (χ4v) is 4.20. The van der Waals surface area contributed by atoms with E-state index in [1.165, 1.54) is 22.3 Å². The zero-order valence-corrected chi connectivity index (χ0v) is 24.7.